The van der Waals surface area contributed by atoms with E-state index in [0.29, 0.717) is 13.2 Å². The monoisotopic (exact) mass is 173 g/mol. The van der Waals surface area contributed by atoms with Gasteiger partial charge in [0.15, 0.2) is 5.01 Å². The smallest absolute Gasteiger partial charge is 0.151 e. The first-order valence-electron chi connectivity index (χ1n) is 3.21. The Bertz CT molecular complexity index is 228. The highest BCUT2D eigenvalue weighted by Crippen LogP contribution is 2.31. The van der Waals surface area contributed by atoms with Crippen molar-refractivity contribution < 1.29 is 9.84 Å². The summed E-state index contributed by atoms with van der Waals surface area (Å²) in [6.07, 6.45) is 0. The van der Waals surface area contributed by atoms with Crippen molar-refractivity contribution in [3.63, 3.8) is 0 Å². The molecule has 2 heterocycles. The zero-order valence-corrected chi connectivity index (χ0v) is 6.54. The van der Waals surface area contributed by atoms with Gasteiger partial charge in [0.25, 0.3) is 0 Å². The normalized spacial score (nSPS) is 21.2. The van der Waals surface area contributed by atoms with Crippen LogP contribution in [0.1, 0.15) is 5.01 Å². The van der Waals surface area contributed by atoms with Gasteiger partial charge in [-0.2, -0.15) is 0 Å². The molecule has 0 spiro atoms. The highest BCUT2D eigenvalue weighted by molar-refractivity contribution is 7.05. The highest BCUT2D eigenvalue weighted by atomic mass is 32.1. The molecular weight excluding hydrogens is 166 g/mol. The third-order valence-electron chi connectivity index (χ3n) is 1.81. The second kappa shape index (κ2) is 2.47. The summed E-state index contributed by atoms with van der Waals surface area (Å²) in [6.45, 7) is 1.12. The first-order chi connectivity index (χ1) is 5.37. The molecule has 1 aromatic heterocycles. The van der Waals surface area contributed by atoms with E-state index in [1.807, 2.05) is 0 Å². The van der Waals surface area contributed by atoms with Gasteiger partial charge in [0.05, 0.1) is 25.2 Å². The molecule has 6 heteroatoms. The largest absolute Gasteiger partial charge is 0.395 e. The maximum Gasteiger partial charge on any atom is 0.151 e. The summed E-state index contributed by atoms with van der Waals surface area (Å²) in [7, 11) is 0. The van der Waals surface area contributed by atoms with Crippen LogP contribution in [0.2, 0.25) is 0 Å². The van der Waals surface area contributed by atoms with Crippen LogP contribution >= 0.6 is 11.5 Å². The van der Waals surface area contributed by atoms with Crippen molar-refractivity contribution in [3.05, 3.63) is 5.01 Å². The van der Waals surface area contributed by atoms with E-state index < -0.39 is 0 Å². The van der Waals surface area contributed by atoms with E-state index in [4.69, 9.17) is 9.84 Å². The fraction of sp³-hybridized carbons (Fsp3) is 0.800. The lowest BCUT2D eigenvalue weighted by molar-refractivity contribution is -0.0844. The lowest BCUT2D eigenvalue weighted by Crippen LogP contribution is -2.49. The number of nitrogens with zero attached hydrogens (tertiary/aromatic N) is 3. The summed E-state index contributed by atoms with van der Waals surface area (Å²) in [6, 6.07) is 0. The lowest BCUT2D eigenvalue weighted by Gasteiger charge is -2.36. The van der Waals surface area contributed by atoms with Crippen LogP contribution in [-0.4, -0.2) is 39.7 Å². The maximum atomic E-state index is 9.04. The van der Waals surface area contributed by atoms with Crippen LogP contribution in [-0.2, 0) is 10.2 Å². The zero-order chi connectivity index (χ0) is 7.73. The number of aliphatic hydroxyl groups is 1. The molecule has 11 heavy (non-hydrogen) atoms. The Morgan fingerprint density at radius 1 is 1.64 bits per heavy atom. The van der Waals surface area contributed by atoms with E-state index >= 15 is 0 Å². The molecule has 0 unspecified atom stereocenters. The molecule has 0 radical (unpaired) electrons. The number of hydrogen-bond donors (Lipinski definition) is 1. The fourth-order valence-corrected chi connectivity index (χ4v) is 1.57. The Balaban J connectivity index is 2.25. The fourth-order valence-electron chi connectivity index (χ4n) is 0.968. The third-order valence-corrected chi connectivity index (χ3v) is 2.65. The van der Waals surface area contributed by atoms with Gasteiger partial charge >= 0.3 is 0 Å². The Labute approximate surface area is 67.2 Å². The average Bonchev–Trinajstić information content (AvgIpc) is 2.39. The predicted molar refractivity (Wildman–Crippen MR) is 37.3 cm³/mol. The Morgan fingerprint density at radius 3 is 2.82 bits per heavy atom. The Morgan fingerprint density at radius 2 is 2.45 bits per heavy atom. The molecule has 1 saturated heterocycles. The van der Waals surface area contributed by atoms with E-state index in [2.05, 4.69) is 14.8 Å². The minimum Gasteiger partial charge on any atom is -0.395 e. The second-order valence-electron chi connectivity index (χ2n) is 2.60. The molecule has 0 saturated carbocycles. The van der Waals surface area contributed by atoms with Crippen LogP contribution in [0.25, 0.3) is 0 Å². The van der Waals surface area contributed by atoms with Crippen LogP contribution in [0.3, 0.4) is 0 Å². The van der Waals surface area contributed by atoms with Gasteiger partial charge in [-0.05, 0) is 5.21 Å². The summed E-state index contributed by atoms with van der Waals surface area (Å²) in [5.41, 5.74) is -0.297. The van der Waals surface area contributed by atoms with Crippen molar-refractivity contribution in [2.75, 3.05) is 19.8 Å². The molecule has 1 N–H and O–H groups in total. The van der Waals surface area contributed by atoms with Gasteiger partial charge in [0.2, 0.25) is 0 Å². The van der Waals surface area contributed by atoms with E-state index in [9.17, 15) is 0 Å². The molecule has 1 aromatic rings. The van der Waals surface area contributed by atoms with Crippen molar-refractivity contribution in [3.8, 4) is 0 Å². The highest BCUT2D eigenvalue weighted by Gasteiger charge is 2.43. The van der Waals surface area contributed by atoms with Crippen LogP contribution in [0, 0.1) is 0 Å². The van der Waals surface area contributed by atoms with Crippen molar-refractivity contribution in [1.29, 1.82) is 0 Å². The van der Waals surface area contributed by atoms with Crippen LogP contribution in [0.4, 0.5) is 0 Å². The predicted octanol–water partition coefficient (Wildman–Crippen LogP) is -0.807. The van der Waals surface area contributed by atoms with Crippen molar-refractivity contribution in [2.45, 2.75) is 5.41 Å². The standard InChI is InChI=1S/C5H7N3O2S/c9-1-5(2-10-3-5)4-6-7-8-11-4/h9H,1-3H2. The van der Waals surface area contributed by atoms with Crippen molar-refractivity contribution in [1.82, 2.24) is 14.8 Å². The summed E-state index contributed by atoms with van der Waals surface area (Å²) in [5.74, 6) is 0. The number of ether oxygens (including phenoxy) is 1. The van der Waals surface area contributed by atoms with Gasteiger partial charge in [-0.25, -0.2) is 0 Å². The molecule has 1 aliphatic rings. The molecule has 0 amide bonds. The summed E-state index contributed by atoms with van der Waals surface area (Å²) < 4.78 is 8.64. The minimum atomic E-state index is -0.297. The molecule has 0 bridgehead atoms. The molecular formula is C5H7N3O2S. The van der Waals surface area contributed by atoms with Crippen molar-refractivity contribution in [2.24, 2.45) is 0 Å². The van der Waals surface area contributed by atoms with Crippen LogP contribution in [0.15, 0.2) is 0 Å². The third kappa shape index (κ3) is 0.943. The van der Waals surface area contributed by atoms with Crippen LogP contribution < -0.4 is 0 Å². The second-order valence-corrected chi connectivity index (χ2v) is 3.33. The minimum absolute atomic E-state index is 0.0594. The van der Waals surface area contributed by atoms with E-state index in [0.717, 1.165) is 5.01 Å². The number of hydrogen-bond acceptors (Lipinski definition) is 6. The number of aliphatic hydroxyl groups excluding tert-OH is 1. The van der Waals surface area contributed by atoms with Gasteiger partial charge in [-0.15, -0.1) is 5.10 Å². The molecule has 5 nitrogen and oxygen atoms in total. The first-order valence-corrected chi connectivity index (χ1v) is 3.99. The number of rotatable bonds is 2. The quantitative estimate of drug-likeness (QED) is 0.633. The molecule has 0 aromatic carbocycles. The van der Waals surface area contributed by atoms with Gasteiger partial charge in [-0.1, -0.05) is 4.49 Å². The lowest BCUT2D eigenvalue weighted by atomic mass is 9.88. The average molecular weight is 173 g/mol. The summed E-state index contributed by atoms with van der Waals surface area (Å²) in [4.78, 5) is 0. The van der Waals surface area contributed by atoms with E-state index in [-0.39, 0.29) is 12.0 Å². The molecule has 1 aliphatic heterocycles. The van der Waals surface area contributed by atoms with Crippen LogP contribution in [0.5, 0.6) is 0 Å². The molecule has 0 aliphatic carbocycles. The molecule has 1 fully saturated rings. The first kappa shape index (κ1) is 7.08. The van der Waals surface area contributed by atoms with E-state index in [1.54, 1.807) is 0 Å². The SMILES string of the molecule is OCC1(c2nnns2)COC1. The zero-order valence-electron chi connectivity index (χ0n) is 5.73. The Kier molecular flexibility index (Phi) is 1.59. The Hall–Kier alpha value is -0.590. The number of aromatic nitrogens is 3. The van der Waals surface area contributed by atoms with E-state index in [1.165, 1.54) is 11.5 Å². The van der Waals surface area contributed by atoms with Crippen molar-refractivity contribution >= 4 is 11.5 Å². The van der Waals surface area contributed by atoms with Gasteiger partial charge in [0.1, 0.15) is 0 Å². The maximum absolute atomic E-state index is 9.04. The summed E-state index contributed by atoms with van der Waals surface area (Å²) in [5, 5.41) is 17.1. The van der Waals surface area contributed by atoms with Gasteiger partial charge < -0.3 is 9.84 Å². The molecule has 2 rings (SSSR count). The molecule has 60 valence electrons. The summed E-state index contributed by atoms with van der Waals surface area (Å²) >= 11 is 1.22. The topological polar surface area (TPSA) is 68.1 Å². The molecule has 0 atom stereocenters. The van der Waals surface area contributed by atoms with Gasteiger partial charge in [0, 0.05) is 11.5 Å². The van der Waals surface area contributed by atoms with Gasteiger partial charge in [-0.3, -0.25) is 0 Å².